The van der Waals surface area contributed by atoms with Crippen LogP contribution < -0.4 is 10.2 Å². The Morgan fingerprint density at radius 3 is 2.75 bits per heavy atom. The number of carbonyl (C=O) groups excluding carboxylic acids is 1. The Kier molecular flexibility index (Phi) is 3.06. The molecule has 1 unspecified atom stereocenters. The zero-order chi connectivity index (χ0) is 14.4. The summed E-state index contributed by atoms with van der Waals surface area (Å²) in [5.74, 6) is -0.413. The molecule has 1 amide bonds. The van der Waals surface area contributed by atoms with Crippen LogP contribution in [0.2, 0.25) is 0 Å². The molecule has 0 aliphatic heterocycles. The molecule has 1 atom stereocenters. The van der Waals surface area contributed by atoms with Crippen LogP contribution in [-0.4, -0.2) is 32.3 Å². The van der Waals surface area contributed by atoms with Crippen LogP contribution in [0.25, 0.3) is 21.9 Å². The summed E-state index contributed by atoms with van der Waals surface area (Å²) >= 11 is 1.32. The van der Waals surface area contributed by atoms with Crippen molar-refractivity contribution >= 4 is 49.2 Å². The van der Waals surface area contributed by atoms with Crippen LogP contribution in [0.3, 0.4) is 0 Å². The monoisotopic (exact) mass is 329 g/mol. The molecule has 2 N–H and O–H groups in total. The Morgan fingerprint density at radius 1 is 1.35 bits per heavy atom. The molecule has 102 valence electrons. The van der Waals surface area contributed by atoms with Crippen molar-refractivity contribution in [3.63, 3.8) is 0 Å². The number of pyridine rings is 1. The number of nitrogens with zero attached hydrogens (tertiary/aromatic N) is 2. The zero-order valence-corrected chi connectivity index (χ0v) is 13.9. The third-order valence-electron chi connectivity index (χ3n) is 3.60. The molecule has 0 radical (unpaired) electrons. The van der Waals surface area contributed by atoms with E-state index in [4.69, 9.17) is 5.73 Å². The van der Waals surface area contributed by atoms with Crippen LogP contribution in [0.1, 0.15) is 22.8 Å². The van der Waals surface area contributed by atoms with Crippen molar-refractivity contribution in [2.75, 3.05) is 0 Å². The standard InChI is InChI=1S/C15H16AsN3O/c1-3-19-12-5-4-8(2)6-9(12)10-7-11(14(17)20)13(16)18-15(10)19/h4-7H,3,16H2,1-2H3,(H2,17,20). The van der Waals surface area contributed by atoms with Gasteiger partial charge in [0.25, 0.3) is 0 Å². The molecule has 0 saturated heterocycles. The molecule has 20 heavy (non-hydrogen) atoms. The summed E-state index contributed by atoms with van der Waals surface area (Å²) < 4.78 is 2.92. The second kappa shape index (κ2) is 4.64. The third-order valence-corrected chi connectivity index (χ3v) is 4.53. The number of nitrogens with two attached hydrogens (primary N) is 1. The summed E-state index contributed by atoms with van der Waals surface area (Å²) in [6.07, 6.45) is 0. The SMILES string of the molecule is CCn1c2ccc(C)cc2c2cc(C(N)=O)c([AsH2])nc21. The van der Waals surface area contributed by atoms with Crippen LogP contribution in [0.4, 0.5) is 0 Å². The van der Waals surface area contributed by atoms with E-state index < -0.39 is 5.91 Å². The summed E-state index contributed by atoms with van der Waals surface area (Å²) in [6, 6.07) is 8.23. The van der Waals surface area contributed by atoms with Crippen molar-refractivity contribution in [1.29, 1.82) is 0 Å². The fourth-order valence-corrected chi connectivity index (χ4v) is 3.38. The van der Waals surface area contributed by atoms with Crippen molar-refractivity contribution in [1.82, 2.24) is 9.55 Å². The molecular formula is C15H16AsN3O. The number of carbonyl (C=O) groups is 1. The normalized spacial score (nSPS) is 11.3. The maximum absolute atomic E-state index is 11.5. The van der Waals surface area contributed by atoms with E-state index in [0.29, 0.717) is 5.56 Å². The van der Waals surface area contributed by atoms with Crippen LogP contribution in [0.5, 0.6) is 0 Å². The molecule has 0 aliphatic carbocycles. The van der Waals surface area contributed by atoms with Crippen molar-refractivity contribution in [3.8, 4) is 0 Å². The van der Waals surface area contributed by atoms with Gasteiger partial charge in [0.05, 0.1) is 0 Å². The molecule has 1 aromatic carbocycles. The van der Waals surface area contributed by atoms with E-state index in [1.807, 2.05) is 6.07 Å². The number of primary amides is 1. The van der Waals surface area contributed by atoms with E-state index in [2.05, 4.69) is 41.6 Å². The predicted octanol–water partition coefficient (Wildman–Crippen LogP) is 0.875. The summed E-state index contributed by atoms with van der Waals surface area (Å²) in [7, 11) is 0. The number of hydrogen-bond acceptors (Lipinski definition) is 2. The van der Waals surface area contributed by atoms with E-state index in [-0.39, 0.29) is 0 Å². The molecular weight excluding hydrogens is 313 g/mol. The molecule has 3 rings (SSSR count). The van der Waals surface area contributed by atoms with Gasteiger partial charge >= 0.3 is 125 Å². The third kappa shape index (κ3) is 1.83. The number of aryl methyl sites for hydroxylation is 2. The summed E-state index contributed by atoms with van der Waals surface area (Å²) in [6.45, 7) is 5.01. The second-order valence-electron chi connectivity index (χ2n) is 4.92. The van der Waals surface area contributed by atoms with Gasteiger partial charge in [-0.25, -0.2) is 0 Å². The minimum atomic E-state index is -0.413. The molecule has 0 spiro atoms. The molecule has 4 nitrogen and oxygen atoms in total. The number of aromatic nitrogens is 2. The number of fused-ring (bicyclic) bond motifs is 3. The quantitative estimate of drug-likeness (QED) is 0.710. The molecule has 5 heteroatoms. The van der Waals surface area contributed by atoms with Crippen LogP contribution in [0.15, 0.2) is 24.3 Å². The Hall–Kier alpha value is -1.80. The Bertz CT molecular complexity index is 851. The van der Waals surface area contributed by atoms with E-state index in [9.17, 15) is 4.79 Å². The van der Waals surface area contributed by atoms with Crippen LogP contribution in [-0.2, 0) is 6.54 Å². The molecule has 0 saturated carbocycles. The summed E-state index contributed by atoms with van der Waals surface area (Å²) in [4.78, 5) is 16.2. The summed E-state index contributed by atoms with van der Waals surface area (Å²) in [5, 5.41) is 2.13. The molecule has 2 heterocycles. The fraction of sp³-hybridized carbons (Fsp3) is 0.200. The second-order valence-corrected chi connectivity index (χ2v) is 6.07. The van der Waals surface area contributed by atoms with Crippen LogP contribution >= 0.6 is 0 Å². The number of benzene rings is 1. The molecule has 0 bridgehead atoms. The van der Waals surface area contributed by atoms with E-state index in [1.165, 1.54) is 22.4 Å². The number of hydrogen-bond donors (Lipinski definition) is 1. The average Bonchev–Trinajstić information content (AvgIpc) is 2.69. The molecule has 0 fully saturated rings. The van der Waals surface area contributed by atoms with Gasteiger partial charge in [0.15, 0.2) is 0 Å². The van der Waals surface area contributed by atoms with E-state index in [1.54, 1.807) is 0 Å². The van der Waals surface area contributed by atoms with Gasteiger partial charge in [-0.1, -0.05) is 0 Å². The Morgan fingerprint density at radius 2 is 2.10 bits per heavy atom. The first-order valence-electron chi connectivity index (χ1n) is 6.51. The van der Waals surface area contributed by atoms with Crippen molar-refractivity contribution < 1.29 is 4.79 Å². The van der Waals surface area contributed by atoms with Gasteiger partial charge in [-0.2, -0.15) is 0 Å². The van der Waals surface area contributed by atoms with E-state index in [0.717, 1.165) is 33.0 Å². The fourth-order valence-electron chi connectivity index (χ4n) is 2.65. The van der Waals surface area contributed by atoms with Gasteiger partial charge in [-0.15, -0.1) is 0 Å². The van der Waals surface area contributed by atoms with Gasteiger partial charge in [-0.05, 0) is 0 Å². The first-order valence-corrected chi connectivity index (χ1v) is 7.73. The topological polar surface area (TPSA) is 60.9 Å². The van der Waals surface area contributed by atoms with Gasteiger partial charge in [0.1, 0.15) is 0 Å². The van der Waals surface area contributed by atoms with Gasteiger partial charge in [0, 0.05) is 0 Å². The van der Waals surface area contributed by atoms with Gasteiger partial charge in [-0.3, -0.25) is 0 Å². The number of rotatable bonds is 2. The molecule has 0 aliphatic rings. The first-order chi connectivity index (χ1) is 9.52. The van der Waals surface area contributed by atoms with Gasteiger partial charge < -0.3 is 0 Å². The van der Waals surface area contributed by atoms with E-state index >= 15 is 0 Å². The Balaban J connectivity index is 2.53. The van der Waals surface area contributed by atoms with Crippen LogP contribution in [0, 0.1) is 6.92 Å². The molecule has 2 aromatic heterocycles. The predicted molar refractivity (Wildman–Crippen MR) is 84.3 cm³/mol. The summed E-state index contributed by atoms with van der Waals surface area (Å²) in [5.41, 5.74) is 9.23. The Labute approximate surface area is 125 Å². The zero-order valence-electron chi connectivity index (χ0n) is 11.5. The number of amides is 1. The molecule has 3 aromatic rings. The maximum atomic E-state index is 11.5. The minimum absolute atomic E-state index is 0.413. The first kappa shape index (κ1) is 13.2. The van der Waals surface area contributed by atoms with Gasteiger partial charge in [0.2, 0.25) is 0 Å². The van der Waals surface area contributed by atoms with Crippen molar-refractivity contribution in [3.05, 3.63) is 35.4 Å². The average molecular weight is 329 g/mol. The van der Waals surface area contributed by atoms with Crippen molar-refractivity contribution in [2.45, 2.75) is 20.4 Å². The van der Waals surface area contributed by atoms with Crippen molar-refractivity contribution in [2.24, 2.45) is 5.73 Å².